The van der Waals surface area contributed by atoms with Crippen molar-refractivity contribution in [1.29, 1.82) is 0 Å². The molecule has 0 atom stereocenters. The van der Waals surface area contributed by atoms with Gasteiger partial charge in [-0.05, 0) is 50.4 Å². The highest BCUT2D eigenvalue weighted by atomic mass is 127. The topological polar surface area (TPSA) is 60.0 Å². The van der Waals surface area contributed by atoms with E-state index in [2.05, 4.69) is 60.6 Å². The lowest BCUT2D eigenvalue weighted by Gasteiger charge is -2.21. The first-order chi connectivity index (χ1) is 14.7. The van der Waals surface area contributed by atoms with E-state index in [4.69, 9.17) is 4.99 Å². The van der Waals surface area contributed by atoms with Gasteiger partial charge in [-0.25, -0.2) is 4.99 Å². The summed E-state index contributed by atoms with van der Waals surface area (Å²) in [5, 5.41) is 6.77. The highest BCUT2D eigenvalue weighted by Gasteiger charge is 2.15. The van der Waals surface area contributed by atoms with E-state index in [1.165, 1.54) is 17.5 Å². The fraction of sp³-hybridized carbons (Fsp3) is 0.667. The van der Waals surface area contributed by atoms with Gasteiger partial charge in [-0.3, -0.25) is 9.69 Å². The minimum absolute atomic E-state index is 0. The quantitative estimate of drug-likeness (QED) is 0.192. The lowest BCUT2D eigenvalue weighted by molar-refractivity contribution is -0.130. The summed E-state index contributed by atoms with van der Waals surface area (Å²) in [6.07, 6.45) is 5.00. The minimum atomic E-state index is 0. The Labute approximate surface area is 206 Å². The van der Waals surface area contributed by atoms with Gasteiger partial charge in [0.25, 0.3) is 0 Å². The molecule has 1 heterocycles. The molecular formula is C24H42IN5O. The lowest BCUT2D eigenvalue weighted by Crippen LogP contribution is -2.39. The highest BCUT2D eigenvalue weighted by molar-refractivity contribution is 14.0. The Hall–Kier alpha value is -1.35. The minimum Gasteiger partial charge on any atom is -0.357 e. The second-order valence-electron chi connectivity index (χ2n) is 7.90. The number of hydrogen-bond donors (Lipinski definition) is 2. The number of halogens is 1. The summed E-state index contributed by atoms with van der Waals surface area (Å²) >= 11 is 0. The van der Waals surface area contributed by atoms with Crippen LogP contribution in [0.1, 0.15) is 64.0 Å². The van der Waals surface area contributed by atoms with E-state index in [1.807, 2.05) is 4.90 Å². The first kappa shape index (κ1) is 27.7. The first-order valence-electron chi connectivity index (χ1n) is 11.8. The van der Waals surface area contributed by atoms with Crippen molar-refractivity contribution in [2.75, 3.05) is 39.3 Å². The van der Waals surface area contributed by atoms with Crippen LogP contribution in [-0.2, 0) is 17.9 Å². The molecule has 0 aromatic heterocycles. The van der Waals surface area contributed by atoms with E-state index in [-0.39, 0.29) is 24.0 Å². The number of carbonyl (C=O) groups is 1. The van der Waals surface area contributed by atoms with Gasteiger partial charge in [0, 0.05) is 39.1 Å². The number of carbonyl (C=O) groups excluding carboxylic acids is 1. The molecule has 1 aromatic carbocycles. The van der Waals surface area contributed by atoms with E-state index in [1.54, 1.807) is 0 Å². The predicted molar refractivity (Wildman–Crippen MR) is 141 cm³/mol. The summed E-state index contributed by atoms with van der Waals surface area (Å²) in [4.78, 5) is 21.4. The number of aliphatic imine (C=N–C) groups is 1. The van der Waals surface area contributed by atoms with Crippen LogP contribution >= 0.6 is 24.0 Å². The zero-order chi connectivity index (χ0) is 21.6. The Morgan fingerprint density at radius 2 is 1.81 bits per heavy atom. The van der Waals surface area contributed by atoms with Crippen molar-refractivity contribution >= 4 is 35.8 Å². The standard InChI is InChI=1S/C24H41N5O.HI/c1-4-25-24(26-16-12-18-29-17-11-7-8-15-23(29)30)27-19-21-13-9-10-14-22(21)20-28(5-2)6-3;/h9-10,13-14H,4-8,11-12,15-20H2,1-3H3,(H2,25,26,27);1H. The Morgan fingerprint density at radius 3 is 2.52 bits per heavy atom. The summed E-state index contributed by atoms with van der Waals surface area (Å²) in [5.41, 5.74) is 2.62. The number of rotatable bonds is 11. The monoisotopic (exact) mass is 543 g/mol. The Kier molecular flexibility index (Phi) is 14.6. The number of amides is 1. The zero-order valence-electron chi connectivity index (χ0n) is 19.7. The third-order valence-corrected chi connectivity index (χ3v) is 5.73. The molecule has 0 spiro atoms. The van der Waals surface area contributed by atoms with Gasteiger partial charge in [-0.2, -0.15) is 0 Å². The SMILES string of the molecule is CCNC(=NCc1ccccc1CN(CC)CC)NCCCN1CCCCCC1=O.I. The van der Waals surface area contributed by atoms with Gasteiger partial charge < -0.3 is 15.5 Å². The molecule has 176 valence electrons. The average Bonchev–Trinajstić information content (AvgIpc) is 2.97. The van der Waals surface area contributed by atoms with Crippen LogP contribution in [-0.4, -0.2) is 60.9 Å². The molecule has 31 heavy (non-hydrogen) atoms. The summed E-state index contributed by atoms with van der Waals surface area (Å²) in [6, 6.07) is 8.59. The number of guanidine groups is 1. The van der Waals surface area contributed by atoms with Crippen LogP contribution in [0.5, 0.6) is 0 Å². The van der Waals surface area contributed by atoms with Gasteiger partial charge in [0.1, 0.15) is 0 Å². The Morgan fingerprint density at radius 1 is 1.06 bits per heavy atom. The van der Waals surface area contributed by atoms with E-state index < -0.39 is 0 Å². The summed E-state index contributed by atoms with van der Waals surface area (Å²) < 4.78 is 0. The maximum absolute atomic E-state index is 12.1. The molecule has 6 nitrogen and oxygen atoms in total. The fourth-order valence-electron chi connectivity index (χ4n) is 3.81. The first-order valence-corrected chi connectivity index (χ1v) is 11.8. The number of hydrogen-bond acceptors (Lipinski definition) is 3. The highest BCUT2D eigenvalue weighted by Crippen LogP contribution is 2.13. The van der Waals surface area contributed by atoms with Crippen LogP contribution in [0.15, 0.2) is 29.3 Å². The second kappa shape index (κ2) is 16.3. The van der Waals surface area contributed by atoms with Crippen LogP contribution in [0.2, 0.25) is 0 Å². The van der Waals surface area contributed by atoms with Gasteiger partial charge in [0.2, 0.25) is 5.91 Å². The van der Waals surface area contributed by atoms with Crippen LogP contribution in [0.4, 0.5) is 0 Å². The van der Waals surface area contributed by atoms with Crippen LogP contribution in [0.25, 0.3) is 0 Å². The van der Waals surface area contributed by atoms with Crippen molar-refractivity contribution in [2.24, 2.45) is 4.99 Å². The van der Waals surface area contributed by atoms with Crippen molar-refractivity contribution in [3.8, 4) is 0 Å². The summed E-state index contributed by atoms with van der Waals surface area (Å²) in [6.45, 7) is 13.6. The number of nitrogens with zero attached hydrogens (tertiary/aromatic N) is 3. The van der Waals surface area contributed by atoms with E-state index in [0.29, 0.717) is 18.9 Å². The summed E-state index contributed by atoms with van der Waals surface area (Å²) in [7, 11) is 0. The lowest BCUT2D eigenvalue weighted by atomic mass is 10.1. The van der Waals surface area contributed by atoms with Crippen molar-refractivity contribution in [3.63, 3.8) is 0 Å². The maximum atomic E-state index is 12.1. The normalized spacial score (nSPS) is 14.9. The smallest absolute Gasteiger partial charge is 0.222 e. The summed E-state index contributed by atoms with van der Waals surface area (Å²) in [5.74, 6) is 1.16. The largest absolute Gasteiger partial charge is 0.357 e. The third kappa shape index (κ3) is 10.2. The van der Waals surface area contributed by atoms with E-state index >= 15 is 0 Å². The van der Waals surface area contributed by atoms with Gasteiger partial charge in [0.05, 0.1) is 6.54 Å². The maximum Gasteiger partial charge on any atom is 0.222 e. The number of likely N-dealkylation sites (tertiary alicyclic amines) is 1. The molecule has 0 unspecified atom stereocenters. The molecule has 2 N–H and O–H groups in total. The van der Waals surface area contributed by atoms with Crippen molar-refractivity contribution in [3.05, 3.63) is 35.4 Å². The van der Waals surface area contributed by atoms with Crippen LogP contribution in [0, 0.1) is 0 Å². The van der Waals surface area contributed by atoms with Crippen molar-refractivity contribution in [1.82, 2.24) is 20.4 Å². The Balaban J connectivity index is 0.00000480. The molecule has 1 amide bonds. The van der Waals surface area contributed by atoms with Crippen molar-refractivity contribution < 1.29 is 4.79 Å². The van der Waals surface area contributed by atoms with Crippen molar-refractivity contribution in [2.45, 2.75) is 66.0 Å². The molecule has 2 rings (SSSR count). The van der Waals surface area contributed by atoms with Gasteiger partial charge in [-0.1, -0.05) is 44.5 Å². The number of benzene rings is 1. The molecule has 1 aromatic rings. The molecule has 1 aliphatic rings. The second-order valence-corrected chi connectivity index (χ2v) is 7.90. The molecule has 1 saturated heterocycles. The molecule has 1 aliphatic heterocycles. The van der Waals surface area contributed by atoms with E-state index in [9.17, 15) is 4.79 Å². The zero-order valence-corrected chi connectivity index (χ0v) is 22.0. The molecule has 0 saturated carbocycles. The number of nitrogens with one attached hydrogen (secondary N) is 2. The van der Waals surface area contributed by atoms with Gasteiger partial charge in [0.15, 0.2) is 5.96 Å². The average molecular weight is 544 g/mol. The van der Waals surface area contributed by atoms with Gasteiger partial charge >= 0.3 is 0 Å². The molecule has 0 bridgehead atoms. The molecule has 7 heteroatoms. The molecule has 0 aliphatic carbocycles. The van der Waals surface area contributed by atoms with Crippen LogP contribution < -0.4 is 10.6 Å². The predicted octanol–water partition coefficient (Wildman–Crippen LogP) is 3.99. The molecule has 1 fully saturated rings. The Bertz CT molecular complexity index is 663. The van der Waals surface area contributed by atoms with E-state index in [0.717, 1.165) is 71.0 Å². The molecule has 0 radical (unpaired) electrons. The fourth-order valence-corrected chi connectivity index (χ4v) is 3.81. The van der Waals surface area contributed by atoms with Crippen LogP contribution in [0.3, 0.4) is 0 Å². The van der Waals surface area contributed by atoms with Gasteiger partial charge in [-0.15, -0.1) is 24.0 Å². The molecular weight excluding hydrogens is 501 g/mol. The third-order valence-electron chi connectivity index (χ3n) is 5.73.